The van der Waals surface area contributed by atoms with Crippen molar-refractivity contribution < 1.29 is 13.5 Å². The van der Waals surface area contributed by atoms with Crippen LogP contribution in [0.25, 0.3) is 0 Å². The number of aliphatic hydroxyl groups is 1. The Morgan fingerprint density at radius 3 is 2.61 bits per heavy atom. The highest BCUT2D eigenvalue weighted by molar-refractivity contribution is 7.89. The zero-order valence-corrected chi connectivity index (χ0v) is 11.3. The summed E-state index contributed by atoms with van der Waals surface area (Å²) >= 11 is 0. The Labute approximate surface area is 108 Å². The van der Waals surface area contributed by atoms with Crippen molar-refractivity contribution in [1.82, 2.24) is 0 Å². The summed E-state index contributed by atoms with van der Waals surface area (Å²) in [7, 11) is -3.71. The quantitative estimate of drug-likeness (QED) is 0.694. The third-order valence-electron chi connectivity index (χ3n) is 2.89. The first-order valence-corrected chi connectivity index (χ1v) is 7.50. The monoisotopic (exact) mass is 272 g/mol. The number of primary sulfonamides is 1. The van der Waals surface area contributed by atoms with E-state index >= 15 is 0 Å². The molecule has 102 valence electrons. The molecule has 0 heterocycles. The van der Waals surface area contributed by atoms with Crippen LogP contribution in [0.3, 0.4) is 0 Å². The van der Waals surface area contributed by atoms with E-state index < -0.39 is 10.0 Å². The maximum Gasteiger partial charge on any atom is 0.240 e. The first kappa shape index (κ1) is 14.9. The van der Waals surface area contributed by atoms with E-state index in [2.05, 4.69) is 5.32 Å². The van der Waals surface area contributed by atoms with Crippen molar-refractivity contribution in [3.63, 3.8) is 0 Å². The molecular weight excluding hydrogens is 252 g/mol. The van der Waals surface area contributed by atoms with Crippen molar-refractivity contribution in [2.45, 2.75) is 24.7 Å². The van der Waals surface area contributed by atoms with Gasteiger partial charge < -0.3 is 10.4 Å². The second-order valence-corrected chi connectivity index (χ2v) is 5.74. The number of anilines is 1. The van der Waals surface area contributed by atoms with Crippen molar-refractivity contribution in [3.05, 3.63) is 24.3 Å². The Balaban J connectivity index is 2.79. The first-order chi connectivity index (χ1) is 8.49. The molecule has 0 amide bonds. The van der Waals surface area contributed by atoms with Gasteiger partial charge >= 0.3 is 0 Å². The summed E-state index contributed by atoms with van der Waals surface area (Å²) < 4.78 is 22.8. The zero-order valence-electron chi connectivity index (χ0n) is 10.5. The molecule has 0 aliphatic carbocycles. The summed E-state index contributed by atoms with van der Waals surface area (Å²) in [6, 6.07) is 6.55. The van der Waals surface area contributed by atoms with Crippen molar-refractivity contribution in [2.75, 3.05) is 18.5 Å². The fourth-order valence-corrected chi connectivity index (χ4v) is 2.46. The van der Waals surface area contributed by atoms with Crippen LogP contribution in [0.15, 0.2) is 29.2 Å². The smallest absolute Gasteiger partial charge is 0.240 e. The van der Waals surface area contributed by atoms with Gasteiger partial charge in [0, 0.05) is 13.2 Å². The van der Waals surface area contributed by atoms with E-state index in [0.29, 0.717) is 24.6 Å². The molecule has 0 fully saturated rings. The molecule has 1 aromatic carbocycles. The predicted molar refractivity (Wildman–Crippen MR) is 71.8 cm³/mol. The van der Waals surface area contributed by atoms with Gasteiger partial charge in [0.15, 0.2) is 0 Å². The van der Waals surface area contributed by atoms with Gasteiger partial charge in [-0.1, -0.05) is 25.5 Å². The number of hydrogen-bond donors (Lipinski definition) is 3. The van der Waals surface area contributed by atoms with Crippen molar-refractivity contribution in [1.29, 1.82) is 0 Å². The van der Waals surface area contributed by atoms with E-state index in [1.165, 1.54) is 6.07 Å². The van der Waals surface area contributed by atoms with Crippen LogP contribution in [0.4, 0.5) is 5.69 Å². The second kappa shape index (κ2) is 6.72. The molecule has 4 N–H and O–H groups in total. The number of nitrogens with two attached hydrogens (primary N) is 1. The minimum Gasteiger partial charge on any atom is -0.396 e. The van der Waals surface area contributed by atoms with Crippen LogP contribution in [0.1, 0.15) is 19.8 Å². The van der Waals surface area contributed by atoms with Gasteiger partial charge in [0.1, 0.15) is 4.90 Å². The van der Waals surface area contributed by atoms with Gasteiger partial charge in [0.05, 0.1) is 5.69 Å². The number of benzene rings is 1. The number of hydrogen-bond acceptors (Lipinski definition) is 4. The largest absolute Gasteiger partial charge is 0.396 e. The molecule has 0 bridgehead atoms. The van der Waals surface area contributed by atoms with Gasteiger partial charge in [-0.3, -0.25) is 0 Å². The first-order valence-electron chi connectivity index (χ1n) is 5.95. The van der Waals surface area contributed by atoms with Gasteiger partial charge in [-0.05, 0) is 24.5 Å². The van der Waals surface area contributed by atoms with Gasteiger partial charge in [-0.15, -0.1) is 0 Å². The van der Waals surface area contributed by atoms with Gasteiger partial charge in [0.2, 0.25) is 10.0 Å². The Hall–Kier alpha value is -1.11. The van der Waals surface area contributed by atoms with E-state index in [1.54, 1.807) is 18.2 Å². The average Bonchev–Trinajstić information content (AvgIpc) is 2.33. The zero-order chi connectivity index (χ0) is 13.6. The molecule has 0 radical (unpaired) electrons. The molecule has 0 aliphatic heterocycles. The van der Waals surface area contributed by atoms with Crippen molar-refractivity contribution in [2.24, 2.45) is 11.1 Å². The van der Waals surface area contributed by atoms with Crippen LogP contribution in [0, 0.1) is 5.92 Å². The summed E-state index contributed by atoms with van der Waals surface area (Å²) in [6.07, 6.45) is 1.62. The van der Waals surface area contributed by atoms with E-state index in [-0.39, 0.29) is 11.5 Å². The second-order valence-electron chi connectivity index (χ2n) is 4.21. The van der Waals surface area contributed by atoms with Crippen LogP contribution < -0.4 is 10.5 Å². The number of rotatable bonds is 7. The number of nitrogens with one attached hydrogen (secondary N) is 1. The molecular formula is C12H20N2O3S. The fourth-order valence-electron chi connectivity index (χ4n) is 1.75. The maximum atomic E-state index is 11.4. The van der Waals surface area contributed by atoms with Crippen LogP contribution in [0.5, 0.6) is 0 Å². The summed E-state index contributed by atoms with van der Waals surface area (Å²) in [5.41, 5.74) is 0.511. The number of aliphatic hydroxyl groups excluding tert-OH is 1. The molecule has 0 saturated heterocycles. The molecule has 18 heavy (non-hydrogen) atoms. The van der Waals surface area contributed by atoms with E-state index in [1.807, 2.05) is 6.92 Å². The fraction of sp³-hybridized carbons (Fsp3) is 0.500. The van der Waals surface area contributed by atoms with Crippen molar-refractivity contribution >= 4 is 15.7 Å². The molecule has 6 heteroatoms. The Morgan fingerprint density at radius 1 is 1.39 bits per heavy atom. The van der Waals surface area contributed by atoms with Gasteiger partial charge in [-0.2, -0.15) is 0 Å². The normalized spacial score (nSPS) is 13.3. The Bertz CT molecular complexity index is 474. The van der Waals surface area contributed by atoms with E-state index in [4.69, 9.17) is 10.2 Å². The lowest BCUT2D eigenvalue weighted by Crippen LogP contribution is -2.19. The van der Waals surface area contributed by atoms with Crippen LogP contribution >= 0.6 is 0 Å². The molecule has 0 aromatic heterocycles. The van der Waals surface area contributed by atoms with Gasteiger partial charge in [-0.25, -0.2) is 13.6 Å². The van der Waals surface area contributed by atoms with E-state index in [0.717, 1.165) is 6.42 Å². The molecule has 0 aliphatic rings. The summed E-state index contributed by atoms with van der Waals surface area (Å²) in [5.74, 6) is 0.309. The molecule has 1 rings (SSSR count). The summed E-state index contributed by atoms with van der Waals surface area (Å²) in [4.78, 5) is 0.101. The predicted octanol–water partition coefficient (Wildman–Crippen LogP) is 1.15. The third-order valence-corrected chi connectivity index (χ3v) is 3.86. The SMILES string of the molecule is CCC(CCO)CNc1ccccc1S(N)(=O)=O. The molecule has 1 atom stereocenters. The summed E-state index contributed by atoms with van der Waals surface area (Å²) in [5, 5.41) is 17.1. The maximum absolute atomic E-state index is 11.4. The Kier molecular flexibility index (Phi) is 5.58. The molecule has 0 spiro atoms. The highest BCUT2D eigenvalue weighted by atomic mass is 32.2. The topological polar surface area (TPSA) is 92.4 Å². The number of para-hydroxylation sites is 1. The minimum atomic E-state index is -3.71. The summed E-state index contributed by atoms with van der Waals surface area (Å²) in [6.45, 7) is 2.79. The van der Waals surface area contributed by atoms with Gasteiger partial charge in [0.25, 0.3) is 0 Å². The molecule has 1 unspecified atom stereocenters. The highest BCUT2D eigenvalue weighted by Gasteiger charge is 2.14. The standard InChI is InChI=1S/C12H20N2O3S/c1-2-10(7-8-15)9-14-11-5-3-4-6-12(11)18(13,16)17/h3-6,10,14-15H,2,7-9H2,1H3,(H2,13,16,17). The molecule has 1 aromatic rings. The van der Waals surface area contributed by atoms with Crippen molar-refractivity contribution in [3.8, 4) is 0 Å². The van der Waals surface area contributed by atoms with E-state index in [9.17, 15) is 8.42 Å². The lowest BCUT2D eigenvalue weighted by Gasteiger charge is -2.16. The highest BCUT2D eigenvalue weighted by Crippen LogP contribution is 2.20. The van der Waals surface area contributed by atoms with Crippen LogP contribution in [0.2, 0.25) is 0 Å². The molecule has 5 nitrogen and oxygen atoms in total. The molecule has 0 saturated carbocycles. The van der Waals surface area contributed by atoms with Crippen LogP contribution in [-0.2, 0) is 10.0 Å². The van der Waals surface area contributed by atoms with Crippen LogP contribution in [-0.4, -0.2) is 26.7 Å². The Morgan fingerprint density at radius 2 is 2.06 bits per heavy atom. The third kappa shape index (κ3) is 4.29. The minimum absolute atomic E-state index is 0.101. The average molecular weight is 272 g/mol. The lowest BCUT2D eigenvalue weighted by molar-refractivity contribution is 0.258. The lowest BCUT2D eigenvalue weighted by atomic mass is 10.0. The number of sulfonamides is 1.